The van der Waals surface area contributed by atoms with Gasteiger partial charge < -0.3 is 14.8 Å². The molecule has 19 heteroatoms. The van der Waals surface area contributed by atoms with E-state index in [1.807, 2.05) is 0 Å². The second-order valence-corrected chi connectivity index (χ2v) is 6.89. The molecule has 0 bridgehead atoms. The molecular formula is C15H14F13NO4S. The maximum absolute atomic E-state index is 13.5. The van der Waals surface area contributed by atoms with Crippen molar-refractivity contribution in [1.29, 1.82) is 0 Å². The first-order valence-corrected chi connectivity index (χ1v) is 8.85. The zero-order chi connectivity index (χ0) is 27.4. The van der Waals surface area contributed by atoms with Crippen LogP contribution in [-0.4, -0.2) is 60.5 Å². The first-order valence-electron chi connectivity index (χ1n) is 8.40. The zero-order valence-electron chi connectivity index (χ0n) is 16.2. The van der Waals surface area contributed by atoms with Gasteiger partial charge in [0, 0.05) is 6.42 Å². The molecule has 0 fully saturated rings. The lowest BCUT2D eigenvalue weighted by molar-refractivity contribution is -0.348. The van der Waals surface area contributed by atoms with Gasteiger partial charge in [0.2, 0.25) is 0 Å². The Morgan fingerprint density at radius 1 is 0.853 bits per heavy atom. The third kappa shape index (κ3) is 9.03. The van der Waals surface area contributed by atoms with Crippen LogP contribution < -0.4 is 5.32 Å². The van der Waals surface area contributed by atoms with Gasteiger partial charge in [-0.3, -0.25) is 4.79 Å². The van der Waals surface area contributed by atoms with E-state index in [0.717, 1.165) is 0 Å². The molecule has 1 atom stereocenters. The molecule has 0 aromatic heterocycles. The number of carbonyl (C=O) groups is 2. The van der Waals surface area contributed by atoms with E-state index in [-0.39, 0.29) is 0 Å². The Morgan fingerprint density at radius 2 is 1.35 bits per heavy atom. The van der Waals surface area contributed by atoms with E-state index in [9.17, 15) is 66.7 Å². The van der Waals surface area contributed by atoms with Crippen LogP contribution in [0.25, 0.3) is 0 Å². The fraction of sp³-hybridized carbons (Fsp3) is 0.733. The van der Waals surface area contributed by atoms with E-state index >= 15 is 0 Å². The number of ether oxygens (including phenoxy) is 2. The average Bonchev–Trinajstić information content (AvgIpc) is 2.60. The molecule has 5 nitrogen and oxygen atoms in total. The van der Waals surface area contributed by atoms with Crippen LogP contribution in [0.3, 0.4) is 0 Å². The highest BCUT2D eigenvalue weighted by atomic mass is 32.1. The van der Waals surface area contributed by atoms with Crippen molar-refractivity contribution in [1.82, 2.24) is 5.32 Å². The molecule has 0 aliphatic rings. The number of hydrogen-bond donors (Lipinski definition) is 2. The topological polar surface area (TPSA) is 64.6 Å². The summed E-state index contributed by atoms with van der Waals surface area (Å²) < 4.78 is 174. The summed E-state index contributed by atoms with van der Waals surface area (Å²) in [4.78, 5) is 23.3. The summed E-state index contributed by atoms with van der Waals surface area (Å²) in [6.07, 6.45) is -21.1. The second kappa shape index (κ2) is 10.8. The fourth-order valence-electron chi connectivity index (χ4n) is 1.83. The molecule has 0 aliphatic heterocycles. The molecule has 0 aromatic carbocycles. The molecule has 0 radical (unpaired) electrons. The van der Waals surface area contributed by atoms with Crippen molar-refractivity contribution < 1.29 is 76.1 Å². The van der Waals surface area contributed by atoms with Crippen LogP contribution in [0.2, 0.25) is 0 Å². The lowest BCUT2D eigenvalue weighted by Crippen LogP contribution is -2.62. The minimum Gasteiger partial charge on any atom is -0.412 e. The molecule has 34 heavy (non-hydrogen) atoms. The quantitative estimate of drug-likeness (QED) is 0.0956. The molecule has 0 heterocycles. The molecule has 200 valence electrons. The van der Waals surface area contributed by atoms with Gasteiger partial charge >= 0.3 is 47.4 Å². The van der Waals surface area contributed by atoms with Crippen molar-refractivity contribution in [3.05, 3.63) is 12.2 Å². The predicted molar refractivity (Wildman–Crippen MR) is 87.8 cm³/mol. The Labute approximate surface area is 187 Å². The SMILES string of the molecule is C=C(C(=O)OC(OCCCCC(F)(F)C(F)(F)S)(C(=O)NCC(F)(F)F)C(F)(F)F)C(F)(F)F. The molecule has 0 aromatic rings. The van der Waals surface area contributed by atoms with Gasteiger partial charge in [0.25, 0.3) is 0 Å². The first-order chi connectivity index (χ1) is 14.9. The summed E-state index contributed by atoms with van der Waals surface area (Å²) in [6, 6.07) is 0. The van der Waals surface area contributed by atoms with Crippen molar-refractivity contribution >= 4 is 24.5 Å². The van der Waals surface area contributed by atoms with Crippen molar-refractivity contribution in [2.24, 2.45) is 0 Å². The molecule has 0 saturated heterocycles. The number of alkyl halides is 13. The number of rotatable bonds is 11. The van der Waals surface area contributed by atoms with E-state index < -0.39 is 85.4 Å². The van der Waals surface area contributed by atoms with Crippen LogP contribution >= 0.6 is 12.6 Å². The second-order valence-electron chi connectivity index (χ2n) is 6.33. The number of unbranched alkanes of at least 4 members (excludes halogenated alkanes) is 1. The van der Waals surface area contributed by atoms with E-state index in [1.165, 1.54) is 0 Å². The number of amides is 1. The molecular weight excluding hydrogens is 537 g/mol. The monoisotopic (exact) mass is 551 g/mol. The number of hydrogen-bond acceptors (Lipinski definition) is 5. The Kier molecular flexibility index (Phi) is 10.2. The van der Waals surface area contributed by atoms with E-state index in [2.05, 4.69) is 28.7 Å². The number of nitrogens with one attached hydrogen (secondary N) is 1. The molecule has 1 unspecified atom stereocenters. The standard InChI is InChI=1S/C15H14F13NO4S/c1-7(13(21,22)23)8(30)33-12(14(24,25)26,9(31)29-6-11(18,19)20)32-5-3-2-4-10(16,17)15(27,28)34/h34H,1-6H2,(H,29,31). The average molecular weight is 551 g/mol. The zero-order valence-corrected chi connectivity index (χ0v) is 17.1. The van der Waals surface area contributed by atoms with Crippen molar-refractivity contribution in [2.75, 3.05) is 13.2 Å². The van der Waals surface area contributed by atoms with Crippen molar-refractivity contribution in [2.45, 2.75) is 54.8 Å². The third-order valence-corrected chi connectivity index (χ3v) is 3.90. The largest absolute Gasteiger partial charge is 0.466 e. The first kappa shape index (κ1) is 32.1. The van der Waals surface area contributed by atoms with Gasteiger partial charge in [-0.15, -0.1) is 0 Å². The smallest absolute Gasteiger partial charge is 0.412 e. The summed E-state index contributed by atoms with van der Waals surface area (Å²) in [7, 11) is 0. The van der Waals surface area contributed by atoms with E-state index in [1.54, 1.807) is 0 Å². The van der Waals surface area contributed by atoms with Crippen LogP contribution in [0.1, 0.15) is 19.3 Å². The highest BCUT2D eigenvalue weighted by Gasteiger charge is 2.67. The number of esters is 1. The Bertz CT molecular complexity index is 743. The highest BCUT2D eigenvalue weighted by Crippen LogP contribution is 2.41. The van der Waals surface area contributed by atoms with E-state index in [4.69, 9.17) is 0 Å². The lowest BCUT2D eigenvalue weighted by Gasteiger charge is -2.33. The summed E-state index contributed by atoms with van der Waals surface area (Å²) in [5, 5.41) is -4.23. The number of thiol groups is 1. The Morgan fingerprint density at radius 3 is 1.74 bits per heavy atom. The van der Waals surface area contributed by atoms with Gasteiger partial charge in [0.05, 0.1) is 6.61 Å². The van der Waals surface area contributed by atoms with Crippen molar-refractivity contribution in [3.8, 4) is 0 Å². The van der Waals surface area contributed by atoms with Crippen LogP contribution in [0, 0.1) is 0 Å². The normalized spacial score (nSPS) is 15.5. The molecule has 0 saturated carbocycles. The Balaban J connectivity index is 5.82. The van der Waals surface area contributed by atoms with Gasteiger partial charge in [0.15, 0.2) is 0 Å². The Hall–Kier alpha value is -1.92. The molecule has 0 rings (SSSR count). The molecule has 1 N–H and O–H groups in total. The van der Waals surface area contributed by atoms with Crippen LogP contribution in [0.15, 0.2) is 12.2 Å². The van der Waals surface area contributed by atoms with Gasteiger partial charge in [-0.25, -0.2) is 4.79 Å². The summed E-state index contributed by atoms with van der Waals surface area (Å²) in [5.41, 5.74) is -2.61. The number of halogens is 13. The minimum absolute atomic E-state index is 0.612. The predicted octanol–water partition coefficient (Wildman–Crippen LogP) is 4.93. The van der Waals surface area contributed by atoms with Gasteiger partial charge in [0.1, 0.15) is 12.1 Å². The minimum atomic E-state index is -6.31. The van der Waals surface area contributed by atoms with Crippen LogP contribution in [0.4, 0.5) is 57.1 Å². The maximum atomic E-state index is 13.5. The third-order valence-electron chi connectivity index (χ3n) is 3.58. The fourth-order valence-corrected chi connectivity index (χ4v) is 1.94. The molecule has 0 spiro atoms. The maximum Gasteiger partial charge on any atom is 0.466 e. The van der Waals surface area contributed by atoms with Gasteiger partial charge in [-0.1, -0.05) is 19.2 Å². The highest BCUT2D eigenvalue weighted by molar-refractivity contribution is 7.81. The van der Waals surface area contributed by atoms with Crippen LogP contribution in [-0.2, 0) is 19.1 Å². The summed E-state index contributed by atoms with van der Waals surface area (Å²) in [5.74, 6) is -15.8. The van der Waals surface area contributed by atoms with Crippen LogP contribution in [0.5, 0.6) is 0 Å². The van der Waals surface area contributed by atoms with E-state index in [0.29, 0.717) is 5.32 Å². The summed E-state index contributed by atoms with van der Waals surface area (Å²) in [6.45, 7) is -1.95. The van der Waals surface area contributed by atoms with Gasteiger partial charge in [-0.05, 0) is 12.8 Å². The number of carbonyl (C=O) groups excluding carboxylic acids is 2. The summed E-state index contributed by atoms with van der Waals surface area (Å²) >= 11 is 2.33. The lowest BCUT2D eigenvalue weighted by atomic mass is 10.1. The molecule has 0 aliphatic carbocycles. The van der Waals surface area contributed by atoms with Gasteiger partial charge in [-0.2, -0.15) is 57.1 Å². The molecule has 1 amide bonds. The van der Waals surface area contributed by atoms with Crippen molar-refractivity contribution in [3.63, 3.8) is 0 Å².